The van der Waals surface area contributed by atoms with Crippen molar-refractivity contribution in [2.45, 2.75) is 13.0 Å². The molecule has 25 heavy (non-hydrogen) atoms. The van der Waals surface area contributed by atoms with Crippen LogP contribution in [0.2, 0.25) is 0 Å². The molecule has 1 aromatic rings. The van der Waals surface area contributed by atoms with Gasteiger partial charge >= 0.3 is 0 Å². The number of likely N-dealkylation sites (tertiary alicyclic amines) is 1. The molecular weight excluding hydrogens is 316 g/mol. The van der Waals surface area contributed by atoms with Crippen LogP contribution in [0.4, 0.5) is 0 Å². The van der Waals surface area contributed by atoms with Gasteiger partial charge in [0.1, 0.15) is 6.54 Å². The summed E-state index contributed by atoms with van der Waals surface area (Å²) in [5.41, 5.74) is 0.992. The van der Waals surface area contributed by atoms with Gasteiger partial charge in [-0.3, -0.25) is 19.3 Å². The molecule has 0 spiro atoms. The fourth-order valence-corrected chi connectivity index (χ4v) is 5.17. The van der Waals surface area contributed by atoms with Gasteiger partial charge in [0.05, 0.1) is 11.8 Å². The third kappa shape index (κ3) is 2.18. The van der Waals surface area contributed by atoms with Crippen LogP contribution in [0.25, 0.3) is 0 Å². The van der Waals surface area contributed by atoms with Crippen molar-refractivity contribution in [2.75, 3.05) is 6.54 Å². The molecule has 1 aromatic carbocycles. The van der Waals surface area contributed by atoms with Crippen molar-refractivity contribution in [3.63, 3.8) is 0 Å². The van der Waals surface area contributed by atoms with Gasteiger partial charge in [-0.05, 0) is 35.7 Å². The first-order chi connectivity index (χ1) is 12.1. The fourth-order valence-electron chi connectivity index (χ4n) is 5.17. The monoisotopic (exact) mass is 336 g/mol. The van der Waals surface area contributed by atoms with Crippen LogP contribution < -0.4 is 5.32 Å². The van der Waals surface area contributed by atoms with Crippen molar-refractivity contribution >= 4 is 17.7 Å². The van der Waals surface area contributed by atoms with Crippen LogP contribution >= 0.6 is 0 Å². The molecule has 4 aliphatic carbocycles. The van der Waals surface area contributed by atoms with E-state index in [9.17, 15) is 14.4 Å². The molecule has 5 nitrogen and oxygen atoms in total. The minimum absolute atomic E-state index is 0.144. The van der Waals surface area contributed by atoms with Gasteiger partial charge in [-0.2, -0.15) is 0 Å². The Balaban J connectivity index is 1.27. The van der Waals surface area contributed by atoms with Crippen molar-refractivity contribution < 1.29 is 14.4 Å². The summed E-state index contributed by atoms with van der Waals surface area (Å²) in [6.07, 6.45) is 5.43. The normalized spacial score (nSPS) is 37.0. The van der Waals surface area contributed by atoms with Gasteiger partial charge in [0.2, 0.25) is 17.7 Å². The van der Waals surface area contributed by atoms with Crippen molar-refractivity contribution in [2.24, 2.45) is 35.5 Å². The molecule has 5 heteroatoms. The van der Waals surface area contributed by atoms with Crippen LogP contribution in [0, 0.1) is 35.5 Å². The third-order valence-corrected chi connectivity index (χ3v) is 6.39. The lowest BCUT2D eigenvalue weighted by Crippen LogP contribution is -2.41. The first-order valence-corrected chi connectivity index (χ1v) is 8.99. The minimum Gasteiger partial charge on any atom is -0.350 e. The number of rotatable bonds is 4. The highest BCUT2D eigenvalue weighted by molar-refractivity contribution is 6.08. The molecule has 1 aliphatic heterocycles. The maximum atomic E-state index is 12.8. The van der Waals surface area contributed by atoms with Crippen molar-refractivity contribution in [1.82, 2.24) is 10.2 Å². The van der Waals surface area contributed by atoms with Crippen molar-refractivity contribution in [1.29, 1.82) is 0 Å². The van der Waals surface area contributed by atoms with Gasteiger partial charge in [0.15, 0.2) is 0 Å². The molecule has 2 saturated carbocycles. The molecule has 2 bridgehead atoms. The van der Waals surface area contributed by atoms with E-state index in [-0.39, 0.29) is 47.9 Å². The molecule has 0 aromatic heterocycles. The van der Waals surface area contributed by atoms with Crippen LogP contribution in [0.3, 0.4) is 0 Å². The first-order valence-electron chi connectivity index (χ1n) is 8.99. The summed E-state index contributed by atoms with van der Waals surface area (Å²) in [5, 5.41) is 2.80. The Morgan fingerprint density at radius 3 is 2.20 bits per heavy atom. The van der Waals surface area contributed by atoms with Crippen molar-refractivity contribution in [3.05, 3.63) is 48.0 Å². The average Bonchev–Trinajstić information content (AvgIpc) is 3.42. The Labute approximate surface area is 146 Å². The molecular formula is C20H20N2O3. The smallest absolute Gasteiger partial charge is 0.240 e. The molecule has 3 fully saturated rings. The molecule has 1 heterocycles. The molecule has 5 aliphatic rings. The van der Waals surface area contributed by atoms with Crippen LogP contribution in [0.1, 0.15) is 12.0 Å². The Bertz CT molecular complexity index is 751. The summed E-state index contributed by atoms with van der Waals surface area (Å²) in [6, 6.07) is 9.59. The number of benzene rings is 1. The average molecular weight is 336 g/mol. The van der Waals surface area contributed by atoms with E-state index in [1.54, 1.807) is 0 Å². The number of nitrogens with zero attached hydrogens (tertiary/aromatic N) is 1. The summed E-state index contributed by atoms with van der Waals surface area (Å²) < 4.78 is 0. The zero-order chi connectivity index (χ0) is 17.1. The molecule has 0 unspecified atom stereocenters. The lowest BCUT2D eigenvalue weighted by Gasteiger charge is -2.37. The Kier molecular flexibility index (Phi) is 3.14. The number of hydrogen-bond acceptors (Lipinski definition) is 3. The maximum Gasteiger partial charge on any atom is 0.240 e. The third-order valence-electron chi connectivity index (χ3n) is 6.39. The van der Waals surface area contributed by atoms with Gasteiger partial charge < -0.3 is 5.32 Å². The number of amides is 3. The van der Waals surface area contributed by atoms with E-state index < -0.39 is 0 Å². The highest BCUT2D eigenvalue weighted by Crippen LogP contribution is 2.65. The number of hydrogen-bond donors (Lipinski definition) is 1. The molecule has 1 saturated heterocycles. The largest absolute Gasteiger partial charge is 0.350 e. The lowest BCUT2D eigenvalue weighted by atomic mass is 9.63. The van der Waals surface area contributed by atoms with E-state index >= 15 is 0 Å². The zero-order valence-electron chi connectivity index (χ0n) is 13.8. The predicted octanol–water partition coefficient (Wildman–Crippen LogP) is 1.36. The maximum absolute atomic E-state index is 12.8. The van der Waals surface area contributed by atoms with Crippen LogP contribution in [-0.4, -0.2) is 29.2 Å². The van der Waals surface area contributed by atoms with Crippen LogP contribution in [0.5, 0.6) is 0 Å². The van der Waals surface area contributed by atoms with Gasteiger partial charge in [-0.1, -0.05) is 42.5 Å². The standard InChI is InChI=1S/C20H20N2O3/c23-16(21-9-11-4-2-1-3-5-11)10-22-19(24)17-12-6-7-13(15-8-14(12)15)18(17)20(22)25/h1-7,12-15,17-18H,8-10H2,(H,21,23)/t12-,13-,14-,15+,17-,18+/m0/s1. The second-order valence-electron chi connectivity index (χ2n) is 7.68. The predicted molar refractivity (Wildman–Crippen MR) is 89.7 cm³/mol. The summed E-state index contributed by atoms with van der Waals surface area (Å²) in [4.78, 5) is 39.1. The first kappa shape index (κ1) is 14.9. The topological polar surface area (TPSA) is 66.5 Å². The fraction of sp³-hybridized carbons (Fsp3) is 0.450. The second-order valence-corrected chi connectivity index (χ2v) is 7.68. The highest BCUT2D eigenvalue weighted by atomic mass is 16.2. The molecule has 6 rings (SSSR count). The van der Waals surface area contributed by atoms with E-state index in [1.807, 2.05) is 30.3 Å². The van der Waals surface area contributed by atoms with E-state index in [0.717, 1.165) is 12.0 Å². The summed E-state index contributed by atoms with van der Waals surface area (Å²) >= 11 is 0. The summed E-state index contributed by atoms with van der Waals surface area (Å²) in [7, 11) is 0. The number of allylic oxidation sites excluding steroid dienone is 2. The molecule has 128 valence electrons. The Morgan fingerprint density at radius 2 is 1.60 bits per heavy atom. The van der Waals surface area contributed by atoms with Crippen LogP contribution in [-0.2, 0) is 20.9 Å². The summed E-state index contributed by atoms with van der Waals surface area (Å²) in [6.45, 7) is 0.242. The zero-order valence-corrected chi connectivity index (χ0v) is 13.8. The van der Waals surface area contributed by atoms with E-state index in [0.29, 0.717) is 18.4 Å². The van der Waals surface area contributed by atoms with E-state index in [4.69, 9.17) is 0 Å². The van der Waals surface area contributed by atoms with Gasteiger partial charge in [0, 0.05) is 6.54 Å². The van der Waals surface area contributed by atoms with Gasteiger partial charge in [-0.25, -0.2) is 0 Å². The number of carbonyl (C=O) groups is 3. The number of imide groups is 1. The Morgan fingerprint density at radius 1 is 1.00 bits per heavy atom. The quantitative estimate of drug-likeness (QED) is 0.667. The van der Waals surface area contributed by atoms with Gasteiger partial charge in [-0.15, -0.1) is 0 Å². The van der Waals surface area contributed by atoms with Crippen molar-refractivity contribution in [3.8, 4) is 0 Å². The SMILES string of the molecule is O=C(CN1C(=O)[C@@H]2[C@H]3C=C[C@@H]([C@@H]4C[C@H]34)[C@@H]2C1=O)NCc1ccccc1. The molecule has 1 N–H and O–H groups in total. The number of carbonyl (C=O) groups excluding carboxylic acids is 3. The Hall–Kier alpha value is -2.43. The molecule has 6 atom stereocenters. The van der Waals surface area contributed by atoms with E-state index in [2.05, 4.69) is 17.5 Å². The van der Waals surface area contributed by atoms with Gasteiger partial charge in [0.25, 0.3) is 0 Å². The lowest BCUT2D eigenvalue weighted by molar-refractivity contribution is -0.143. The minimum atomic E-state index is -0.283. The molecule has 3 amide bonds. The van der Waals surface area contributed by atoms with Crippen LogP contribution in [0.15, 0.2) is 42.5 Å². The summed E-state index contributed by atoms with van der Waals surface area (Å²) in [5.74, 6) is 0.544. The number of nitrogens with one attached hydrogen (secondary N) is 1. The highest BCUT2D eigenvalue weighted by Gasteiger charge is 2.67. The second kappa shape index (κ2) is 5.28. The molecule has 0 radical (unpaired) electrons. The van der Waals surface area contributed by atoms with E-state index in [1.165, 1.54) is 4.90 Å².